The van der Waals surface area contributed by atoms with E-state index in [1.54, 1.807) is 48.7 Å². The number of hydrogen-bond donors (Lipinski definition) is 0. The summed E-state index contributed by atoms with van der Waals surface area (Å²) < 4.78 is 20.8. The number of para-hydroxylation sites is 1. The largest absolute Gasteiger partial charge is 0.487 e. The quantitative estimate of drug-likeness (QED) is 0.650. The zero-order valence-corrected chi connectivity index (χ0v) is 13.9. The fourth-order valence-corrected chi connectivity index (χ4v) is 2.62. The first-order valence-corrected chi connectivity index (χ1v) is 8.07. The first kappa shape index (κ1) is 16.6. The maximum Gasteiger partial charge on any atom is 0.258 e. The zero-order valence-electron chi connectivity index (χ0n) is 13.9. The Morgan fingerprint density at radius 3 is 2.37 bits per heavy atom. The van der Waals surface area contributed by atoms with Gasteiger partial charge in [0.1, 0.15) is 29.6 Å². The van der Waals surface area contributed by atoms with Crippen molar-refractivity contribution in [1.29, 1.82) is 0 Å². The molecule has 2 aromatic carbocycles. The first-order chi connectivity index (χ1) is 13.1. The van der Waals surface area contributed by atoms with Gasteiger partial charge in [-0.2, -0.15) is 0 Å². The summed E-state index contributed by atoms with van der Waals surface area (Å²) in [5.41, 5.74) is 1.29. The van der Waals surface area contributed by atoms with E-state index in [1.807, 2.05) is 0 Å². The number of rotatable bonds is 5. The molecule has 4 rings (SSSR count). The van der Waals surface area contributed by atoms with Gasteiger partial charge in [0, 0.05) is 12.2 Å². The molecule has 8 heteroatoms. The average molecular weight is 364 g/mol. The predicted octanol–water partition coefficient (Wildman–Crippen LogP) is 2.41. The highest BCUT2D eigenvalue weighted by molar-refractivity contribution is 6.28. The summed E-state index contributed by atoms with van der Waals surface area (Å²) in [6, 6.07) is 12.8. The molecular weight excluding hydrogens is 351 g/mol. The van der Waals surface area contributed by atoms with E-state index in [2.05, 4.69) is 10.3 Å². The lowest BCUT2D eigenvalue weighted by molar-refractivity contribution is -0.119. The van der Waals surface area contributed by atoms with Gasteiger partial charge in [0.25, 0.3) is 11.8 Å². The minimum Gasteiger partial charge on any atom is -0.487 e. The van der Waals surface area contributed by atoms with Crippen molar-refractivity contribution in [2.75, 3.05) is 4.90 Å². The molecule has 0 radical (unpaired) electrons. The number of carbonyl (C=O) groups is 2. The number of halogens is 1. The van der Waals surface area contributed by atoms with Gasteiger partial charge in [0.05, 0.1) is 11.9 Å². The van der Waals surface area contributed by atoms with Gasteiger partial charge in [0.15, 0.2) is 0 Å². The summed E-state index contributed by atoms with van der Waals surface area (Å²) in [5, 5.41) is 7.87. The smallest absolute Gasteiger partial charge is 0.258 e. The fraction of sp³-hybridized carbons (Fsp3) is 0.0526. The molecule has 1 aliphatic heterocycles. The first-order valence-electron chi connectivity index (χ1n) is 8.07. The SMILES string of the molecule is O=C1C=CC(=O)N1c1ccc(OCc2cn(-c3ccccc3F)nn2)cc1. The molecule has 0 saturated heterocycles. The summed E-state index contributed by atoms with van der Waals surface area (Å²) in [4.78, 5) is 24.4. The van der Waals surface area contributed by atoms with E-state index in [9.17, 15) is 14.0 Å². The minimum atomic E-state index is -0.397. The molecule has 134 valence electrons. The monoisotopic (exact) mass is 364 g/mol. The molecule has 1 aromatic heterocycles. The topological polar surface area (TPSA) is 77.3 Å². The third kappa shape index (κ3) is 3.32. The Morgan fingerprint density at radius 1 is 0.963 bits per heavy atom. The molecular formula is C19H13FN4O3. The van der Waals surface area contributed by atoms with Crippen LogP contribution in [0, 0.1) is 5.82 Å². The van der Waals surface area contributed by atoms with E-state index in [4.69, 9.17) is 4.74 Å². The van der Waals surface area contributed by atoms with Crippen molar-refractivity contribution >= 4 is 17.5 Å². The summed E-state index contributed by atoms with van der Waals surface area (Å²) >= 11 is 0. The molecule has 2 amide bonds. The molecule has 0 aliphatic carbocycles. The van der Waals surface area contributed by atoms with Crippen LogP contribution in [0.25, 0.3) is 5.69 Å². The Hall–Kier alpha value is -3.81. The Labute approximate surface area is 153 Å². The number of aromatic nitrogens is 3. The van der Waals surface area contributed by atoms with Crippen molar-refractivity contribution in [2.45, 2.75) is 6.61 Å². The van der Waals surface area contributed by atoms with Crippen LogP contribution >= 0.6 is 0 Å². The molecule has 0 atom stereocenters. The minimum absolute atomic E-state index is 0.136. The second kappa shape index (κ2) is 6.83. The molecule has 0 spiro atoms. The maximum absolute atomic E-state index is 13.8. The number of hydrogen-bond acceptors (Lipinski definition) is 5. The standard InChI is InChI=1S/C19H13FN4O3/c20-16-3-1-2-4-17(16)23-11-13(21-22-23)12-27-15-7-5-14(6-8-15)24-18(25)9-10-19(24)26/h1-11H,12H2. The highest BCUT2D eigenvalue weighted by atomic mass is 19.1. The Morgan fingerprint density at radius 2 is 1.67 bits per heavy atom. The summed E-state index contributed by atoms with van der Waals surface area (Å²) in [6.45, 7) is 0.136. The zero-order chi connectivity index (χ0) is 18.8. The third-order valence-corrected chi connectivity index (χ3v) is 3.93. The molecule has 0 unspecified atom stereocenters. The second-order valence-electron chi connectivity index (χ2n) is 5.73. The van der Waals surface area contributed by atoms with Crippen molar-refractivity contribution in [3.8, 4) is 11.4 Å². The van der Waals surface area contributed by atoms with Crippen LogP contribution < -0.4 is 9.64 Å². The number of ether oxygens (including phenoxy) is 1. The maximum atomic E-state index is 13.8. The fourth-order valence-electron chi connectivity index (χ4n) is 2.62. The van der Waals surface area contributed by atoms with E-state index >= 15 is 0 Å². The average Bonchev–Trinajstić information content (AvgIpc) is 3.28. The number of benzene rings is 2. The summed E-state index contributed by atoms with van der Waals surface area (Å²) in [6.07, 6.45) is 4.04. The van der Waals surface area contributed by atoms with Gasteiger partial charge < -0.3 is 4.74 Å². The van der Waals surface area contributed by atoms with Gasteiger partial charge in [-0.3, -0.25) is 9.59 Å². The van der Waals surface area contributed by atoms with Crippen LogP contribution in [0.1, 0.15) is 5.69 Å². The number of anilines is 1. The van der Waals surface area contributed by atoms with Crippen molar-refractivity contribution in [3.05, 3.63) is 78.4 Å². The summed E-state index contributed by atoms with van der Waals surface area (Å²) in [7, 11) is 0. The van der Waals surface area contributed by atoms with Crippen LogP contribution in [-0.4, -0.2) is 26.8 Å². The third-order valence-electron chi connectivity index (χ3n) is 3.93. The molecule has 1 aliphatic rings. The molecule has 2 heterocycles. The van der Waals surface area contributed by atoms with Gasteiger partial charge in [0.2, 0.25) is 0 Å². The molecule has 27 heavy (non-hydrogen) atoms. The molecule has 0 fully saturated rings. The Balaban J connectivity index is 1.42. The van der Waals surface area contributed by atoms with Crippen molar-refractivity contribution in [3.63, 3.8) is 0 Å². The Kier molecular flexibility index (Phi) is 4.21. The molecule has 7 nitrogen and oxygen atoms in total. The lowest BCUT2D eigenvalue weighted by atomic mass is 10.2. The van der Waals surface area contributed by atoms with Crippen LogP contribution in [0.2, 0.25) is 0 Å². The predicted molar refractivity (Wildman–Crippen MR) is 93.7 cm³/mol. The Bertz CT molecular complexity index is 1030. The number of carbonyl (C=O) groups excluding carboxylic acids is 2. The van der Waals surface area contributed by atoms with E-state index in [-0.39, 0.29) is 18.4 Å². The van der Waals surface area contributed by atoms with Gasteiger partial charge in [-0.05, 0) is 36.4 Å². The molecule has 3 aromatic rings. The van der Waals surface area contributed by atoms with E-state index in [0.717, 1.165) is 4.90 Å². The van der Waals surface area contributed by atoms with E-state index in [0.29, 0.717) is 22.8 Å². The lowest BCUT2D eigenvalue weighted by Gasteiger charge is -2.14. The molecule has 0 bridgehead atoms. The van der Waals surface area contributed by atoms with E-state index in [1.165, 1.54) is 22.9 Å². The van der Waals surface area contributed by atoms with Gasteiger partial charge in [-0.25, -0.2) is 14.0 Å². The van der Waals surface area contributed by atoms with Crippen LogP contribution in [0.5, 0.6) is 5.75 Å². The van der Waals surface area contributed by atoms with Crippen LogP contribution in [0.3, 0.4) is 0 Å². The van der Waals surface area contributed by atoms with Gasteiger partial charge >= 0.3 is 0 Å². The van der Waals surface area contributed by atoms with Crippen LogP contribution in [-0.2, 0) is 16.2 Å². The lowest BCUT2D eigenvalue weighted by Crippen LogP contribution is -2.29. The number of imide groups is 1. The molecule has 0 saturated carbocycles. The molecule has 0 N–H and O–H groups in total. The highest BCUT2D eigenvalue weighted by Crippen LogP contribution is 2.23. The van der Waals surface area contributed by atoms with Crippen molar-refractivity contribution < 1.29 is 18.7 Å². The highest BCUT2D eigenvalue weighted by Gasteiger charge is 2.24. The van der Waals surface area contributed by atoms with Gasteiger partial charge in [-0.1, -0.05) is 17.3 Å². The van der Waals surface area contributed by atoms with Crippen molar-refractivity contribution in [1.82, 2.24) is 15.0 Å². The van der Waals surface area contributed by atoms with E-state index < -0.39 is 5.82 Å². The van der Waals surface area contributed by atoms with Gasteiger partial charge in [-0.15, -0.1) is 5.10 Å². The number of nitrogens with zero attached hydrogens (tertiary/aromatic N) is 4. The van der Waals surface area contributed by atoms with Crippen LogP contribution in [0.4, 0.5) is 10.1 Å². The van der Waals surface area contributed by atoms with Crippen LogP contribution in [0.15, 0.2) is 66.9 Å². The number of amides is 2. The summed E-state index contributed by atoms with van der Waals surface area (Å²) in [5.74, 6) is -0.617. The normalized spacial score (nSPS) is 13.4. The second-order valence-corrected chi connectivity index (χ2v) is 5.73. The van der Waals surface area contributed by atoms with Crippen molar-refractivity contribution in [2.24, 2.45) is 0 Å².